The SMILES string of the molecule is COc1ccccc1SC[C@@H]1C[C@H](c2ccc(CO)cc2)O[C@H](c2ccc(-c3cccc(CNC(=O)[C@@H](Cc4ccccc4)NS(=O)(=O)c4ccc(C)cc4)c3)cc2)O1. The third kappa shape index (κ3) is 11.1. The van der Waals surface area contributed by atoms with Crippen molar-refractivity contribution in [3.8, 4) is 16.9 Å². The fraction of sp³-hybridized carbons (Fsp3) is 0.229. The Morgan fingerprint density at radius 3 is 2.20 bits per heavy atom. The van der Waals surface area contributed by atoms with E-state index in [2.05, 4.69) is 10.0 Å². The number of hydrogen-bond acceptors (Lipinski definition) is 8. The highest BCUT2D eigenvalue weighted by molar-refractivity contribution is 7.99. The number of aliphatic hydroxyl groups is 1. The molecule has 304 valence electrons. The van der Waals surface area contributed by atoms with Crippen LogP contribution in [-0.2, 0) is 43.9 Å². The number of benzene rings is 6. The van der Waals surface area contributed by atoms with E-state index in [-0.39, 0.29) is 36.7 Å². The second kappa shape index (κ2) is 19.7. The first kappa shape index (κ1) is 41.9. The van der Waals surface area contributed by atoms with Crippen molar-refractivity contribution in [3.63, 3.8) is 0 Å². The fourth-order valence-corrected chi connectivity index (χ4v) is 9.20. The monoisotopic (exact) mass is 828 g/mol. The minimum absolute atomic E-state index is 0.0201. The molecule has 7 rings (SSSR count). The van der Waals surface area contributed by atoms with Gasteiger partial charge in [0.25, 0.3) is 0 Å². The molecular weight excluding hydrogens is 781 g/mol. The van der Waals surface area contributed by atoms with E-state index < -0.39 is 28.3 Å². The van der Waals surface area contributed by atoms with Gasteiger partial charge in [-0.2, -0.15) is 4.72 Å². The quantitative estimate of drug-likeness (QED) is 0.0829. The summed E-state index contributed by atoms with van der Waals surface area (Å²) in [5.74, 6) is 1.11. The van der Waals surface area contributed by atoms with Crippen molar-refractivity contribution in [3.05, 3.63) is 185 Å². The molecule has 1 aliphatic rings. The van der Waals surface area contributed by atoms with Crippen LogP contribution in [0.15, 0.2) is 161 Å². The minimum atomic E-state index is -3.96. The van der Waals surface area contributed by atoms with Crippen molar-refractivity contribution in [1.82, 2.24) is 10.0 Å². The lowest BCUT2D eigenvalue weighted by molar-refractivity contribution is -0.245. The summed E-state index contributed by atoms with van der Waals surface area (Å²) < 4.78 is 48.1. The zero-order chi connectivity index (χ0) is 41.2. The van der Waals surface area contributed by atoms with Gasteiger partial charge in [-0.15, -0.1) is 11.8 Å². The number of amides is 1. The molecule has 6 aromatic rings. The molecule has 4 atom stereocenters. The number of carbonyl (C=O) groups is 1. The Morgan fingerprint density at radius 1 is 0.780 bits per heavy atom. The normalized spacial score (nSPS) is 17.2. The van der Waals surface area contributed by atoms with E-state index in [0.29, 0.717) is 12.2 Å². The van der Waals surface area contributed by atoms with Crippen LogP contribution in [0.3, 0.4) is 0 Å². The molecule has 0 saturated carbocycles. The summed E-state index contributed by atoms with van der Waals surface area (Å²) in [6, 6.07) is 46.7. The van der Waals surface area contributed by atoms with Crippen molar-refractivity contribution < 1.29 is 32.5 Å². The molecule has 0 bridgehead atoms. The topological polar surface area (TPSA) is 123 Å². The molecule has 0 unspecified atom stereocenters. The van der Waals surface area contributed by atoms with E-state index in [1.807, 2.05) is 134 Å². The Kier molecular flexibility index (Phi) is 13.9. The van der Waals surface area contributed by atoms with Gasteiger partial charge in [-0.1, -0.05) is 127 Å². The Labute approximate surface area is 350 Å². The van der Waals surface area contributed by atoms with Crippen LogP contribution in [0, 0.1) is 6.92 Å². The van der Waals surface area contributed by atoms with E-state index in [4.69, 9.17) is 14.2 Å². The molecule has 0 aliphatic carbocycles. The molecule has 9 nitrogen and oxygen atoms in total. The zero-order valence-corrected chi connectivity index (χ0v) is 34.6. The number of aliphatic hydroxyl groups excluding tert-OH is 1. The number of hydrogen-bond donors (Lipinski definition) is 3. The molecule has 6 aromatic carbocycles. The van der Waals surface area contributed by atoms with Gasteiger partial charge in [0.05, 0.1) is 30.8 Å². The smallest absolute Gasteiger partial charge is 0.241 e. The predicted molar refractivity (Wildman–Crippen MR) is 231 cm³/mol. The van der Waals surface area contributed by atoms with Crippen molar-refractivity contribution in [2.45, 2.75) is 67.2 Å². The molecule has 0 aromatic heterocycles. The van der Waals surface area contributed by atoms with Crippen LogP contribution in [0.5, 0.6) is 5.75 Å². The highest BCUT2D eigenvalue weighted by atomic mass is 32.2. The average molecular weight is 829 g/mol. The third-order valence-electron chi connectivity index (χ3n) is 10.2. The fourth-order valence-electron chi connectivity index (χ4n) is 6.96. The largest absolute Gasteiger partial charge is 0.496 e. The maximum Gasteiger partial charge on any atom is 0.241 e. The van der Waals surface area contributed by atoms with Gasteiger partial charge in [0, 0.05) is 29.2 Å². The van der Waals surface area contributed by atoms with Gasteiger partial charge in [-0.25, -0.2) is 8.42 Å². The van der Waals surface area contributed by atoms with Gasteiger partial charge in [-0.3, -0.25) is 4.79 Å². The Bertz CT molecular complexity index is 2410. The van der Waals surface area contributed by atoms with Gasteiger partial charge in [0.1, 0.15) is 11.8 Å². The lowest BCUT2D eigenvalue weighted by Crippen LogP contribution is -2.47. The first-order valence-electron chi connectivity index (χ1n) is 19.5. The number of carbonyl (C=O) groups excluding carboxylic acids is 1. The number of nitrogens with one attached hydrogen (secondary N) is 2. The van der Waals surface area contributed by atoms with Gasteiger partial charge in [0.15, 0.2) is 6.29 Å². The van der Waals surface area contributed by atoms with Gasteiger partial charge in [0.2, 0.25) is 15.9 Å². The van der Waals surface area contributed by atoms with Crippen LogP contribution in [0.4, 0.5) is 0 Å². The van der Waals surface area contributed by atoms with Crippen LogP contribution in [-0.4, -0.2) is 44.4 Å². The van der Waals surface area contributed by atoms with Crippen LogP contribution in [0.25, 0.3) is 11.1 Å². The number of sulfonamides is 1. The second-order valence-corrected chi connectivity index (χ2v) is 17.3. The van der Waals surface area contributed by atoms with E-state index in [0.717, 1.165) is 55.2 Å². The number of para-hydroxylation sites is 1. The molecule has 1 heterocycles. The van der Waals surface area contributed by atoms with Gasteiger partial charge in [-0.05, 0) is 77.1 Å². The lowest BCUT2D eigenvalue weighted by atomic mass is 9.99. The summed E-state index contributed by atoms with van der Waals surface area (Å²) in [6.07, 6.45) is -0.0530. The molecule has 0 spiro atoms. The molecule has 11 heteroatoms. The standard InChI is InChI=1S/C48H48N2O7S2/c1-33-15-25-42(26-16-33)59(53,54)50-43(28-34-9-4-3-5-10-34)47(52)49-30-36-11-8-12-40(27-36)37-21-23-39(24-22-37)48-56-41(32-58-46-14-7-6-13-44(46)55-2)29-45(57-48)38-19-17-35(31-51)18-20-38/h3-27,41,43,45,48,50-51H,28-32H2,1-2H3,(H,49,52)/t41-,43+,45+,48+/m0/s1. The third-order valence-corrected chi connectivity index (χ3v) is 12.9. The highest BCUT2D eigenvalue weighted by Crippen LogP contribution is 2.41. The Hall–Kier alpha value is -5.27. The molecule has 1 saturated heterocycles. The van der Waals surface area contributed by atoms with Crippen LogP contribution < -0.4 is 14.8 Å². The first-order valence-corrected chi connectivity index (χ1v) is 22.0. The van der Waals surface area contributed by atoms with E-state index in [9.17, 15) is 18.3 Å². The number of thioether (sulfide) groups is 1. The van der Waals surface area contributed by atoms with Crippen molar-refractivity contribution >= 4 is 27.7 Å². The molecular formula is C48H48N2O7S2. The summed E-state index contributed by atoms with van der Waals surface area (Å²) in [5, 5.41) is 12.6. The van der Waals surface area contributed by atoms with E-state index >= 15 is 0 Å². The summed E-state index contributed by atoms with van der Waals surface area (Å²) >= 11 is 1.69. The first-order chi connectivity index (χ1) is 28.7. The molecule has 59 heavy (non-hydrogen) atoms. The maximum absolute atomic E-state index is 13.7. The van der Waals surface area contributed by atoms with Crippen LogP contribution >= 0.6 is 11.8 Å². The lowest BCUT2D eigenvalue weighted by Gasteiger charge is -2.36. The second-order valence-electron chi connectivity index (χ2n) is 14.5. The van der Waals surface area contributed by atoms with Crippen molar-refractivity contribution in [1.29, 1.82) is 0 Å². The molecule has 1 aliphatic heterocycles. The average Bonchev–Trinajstić information content (AvgIpc) is 3.28. The summed E-state index contributed by atoms with van der Waals surface area (Å²) in [4.78, 5) is 14.8. The van der Waals surface area contributed by atoms with E-state index in [1.165, 1.54) is 0 Å². The molecule has 0 radical (unpaired) electrons. The molecule has 3 N–H and O–H groups in total. The number of aryl methyl sites for hydroxylation is 1. The summed E-state index contributed by atoms with van der Waals surface area (Å²) in [7, 11) is -2.29. The van der Waals surface area contributed by atoms with E-state index in [1.54, 1.807) is 43.1 Å². The Balaban J connectivity index is 1.04. The number of ether oxygens (including phenoxy) is 3. The van der Waals surface area contributed by atoms with Crippen molar-refractivity contribution in [2.24, 2.45) is 0 Å². The van der Waals surface area contributed by atoms with Crippen molar-refractivity contribution in [2.75, 3.05) is 12.9 Å². The molecule has 1 amide bonds. The minimum Gasteiger partial charge on any atom is -0.496 e. The summed E-state index contributed by atoms with van der Waals surface area (Å²) in [5.41, 5.74) is 7.33. The zero-order valence-electron chi connectivity index (χ0n) is 33.0. The highest BCUT2D eigenvalue weighted by Gasteiger charge is 2.32. The van der Waals surface area contributed by atoms with Crippen LogP contribution in [0.2, 0.25) is 0 Å². The van der Waals surface area contributed by atoms with Crippen LogP contribution in [0.1, 0.15) is 52.2 Å². The Morgan fingerprint density at radius 2 is 1.47 bits per heavy atom. The number of rotatable bonds is 16. The maximum atomic E-state index is 13.7. The van der Waals surface area contributed by atoms with Gasteiger partial charge >= 0.3 is 0 Å². The predicted octanol–water partition coefficient (Wildman–Crippen LogP) is 8.71. The van der Waals surface area contributed by atoms with Gasteiger partial charge < -0.3 is 24.6 Å². The number of methoxy groups -OCH3 is 1. The summed E-state index contributed by atoms with van der Waals surface area (Å²) in [6.45, 7) is 2.08. The molecule has 1 fully saturated rings.